The minimum atomic E-state index is -0.434. The van der Waals surface area contributed by atoms with E-state index in [-0.39, 0.29) is 11.1 Å². The van der Waals surface area contributed by atoms with Gasteiger partial charge >= 0.3 is 0 Å². The van der Waals surface area contributed by atoms with E-state index in [0.717, 1.165) is 17.7 Å². The zero-order valence-electron chi connectivity index (χ0n) is 13.0. The molecule has 0 spiro atoms. The maximum absolute atomic E-state index is 11.9. The number of carbonyl (C=O) groups excluding carboxylic acids is 1. The van der Waals surface area contributed by atoms with Gasteiger partial charge in [-0.05, 0) is 30.3 Å². The number of amides is 1. The number of hydrogen-bond donors (Lipinski definition) is 3. The highest BCUT2D eigenvalue weighted by Gasteiger charge is 2.20. The van der Waals surface area contributed by atoms with Crippen molar-refractivity contribution in [1.82, 2.24) is 0 Å². The Balaban J connectivity index is 2.68. The van der Waals surface area contributed by atoms with Crippen LogP contribution in [0.15, 0.2) is 52.8 Å². The molecule has 118 valence electrons. The third-order valence-corrected chi connectivity index (χ3v) is 2.83. The number of nitrogens with one attached hydrogen (secondary N) is 2. The van der Waals surface area contributed by atoms with E-state index >= 15 is 0 Å². The molecule has 5 nitrogen and oxygen atoms in total. The first-order chi connectivity index (χ1) is 10.2. The maximum Gasteiger partial charge on any atom is 0.229 e. The number of aliphatic imine (C=N–C) groups is 1. The van der Waals surface area contributed by atoms with Gasteiger partial charge in [-0.1, -0.05) is 39.0 Å². The molecule has 0 unspecified atom stereocenters. The third kappa shape index (κ3) is 6.01. The van der Waals surface area contributed by atoms with Gasteiger partial charge in [-0.3, -0.25) is 4.79 Å². The average molecular weight is 321 g/mol. The fourth-order valence-corrected chi connectivity index (χ4v) is 1.62. The highest BCUT2D eigenvalue weighted by Crippen LogP contribution is 2.20. The van der Waals surface area contributed by atoms with Gasteiger partial charge < -0.3 is 16.4 Å². The normalized spacial score (nSPS) is 12.3. The molecule has 1 amide bonds. The summed E-state index contributed by atoms with van der Waals surface area (Å²) in [4.78, 5) is 15.6. The summed E-state index contributed by atoms with van der Waals surface area (Å²) in [6, 6.07) is 7.28. The second kappa shape index (κ2) is 7.66. The Morgan fingerprint density at radius 3 is 2.18 bits per heavy atom. The first kappa shape index (κ1) is 17.8. The van der Waals surface area contributed by atoms with Crippen molar-refractivity contribution >= 4 is 35.2 Å². The molecule has 0 aliphatic heterocycles. The lowest BCUT2D eigenvalue weighted by molar-refractivity contribution is -0.123. The van der Waals surface area contributed by atoms with Crippen LogP contribution in [0.1, 0.15) is 20.8 Å². The SMILES string of the molecule is C=C(/C=C(/Cl)N=CN)Nc1ccc(NC(=O)C(C)(C)C)cc1. The Morgan fingerprint density at radius 1 is 1.23 bits per heavy atom. The van der Waals surface area contributed by atoms with Crippen molar-refractivity contribution in [3.8, 4) is 0 Å². The van der Waals surface area contributed by atoms with Crippen LogP contribution in [0.25, 0.3) is 0 Å². The fraction of sp³-hybridized carbons (Fsp3) is 0.250. The molecule has 4 N–H and O–H groups in total. The molecule has 0 radical (unpaired) electrons. The van der Waals surface area contributed by atoms with E-state index in [9.17, 15) is 4.79 Å². The van der Waals surface area contributed by atoms with Crippen molar-refractivity contribution in [2.75, 3.05) is 10.6 Å². The van der Waals surface area contributed by atoms with E-state index in [1.54, 1.807) is 6.08 Å². The summed E-state index contributed by atoms with van der Waals surface area (Å²) in [5.74, 6) is -0.0352. The van der Waals surface area contributed by atoms with Crippen LogP contribution in [0.4, 0.5) is 11.4 Å². The number of allylic oxidation sites excluding steroid dienone is 1. The molecule has 1 aromatic carbocycles. The molecule has 0 saturated carbocycles. The van der Waals surface area contributed by atoms with E-state index in [1.807, 2.05) is 45.0 Å². The summed E-state index contributed by atoms with van der Waals surface area (Å²) in [7, 11) is 0. The van der Waals surface area contributed by atoms with Gasteiger partial charge in [0.1, 0.15) is 5.16 Å². The molecule has 0 fully saturated rings. The Labute approximate surface area is 136 Å². The Hall–Kier alpha value is -2.27. The van der Waals surface area contributed by atoms with Crippen LogP contribution in [0.5, 0.6) is 0 Å². The Kier molecular flexibility index (Phi) is 6.19. The van der Waals surface area contributed by atoms with Gasteiger partial charge in [-0.2, -0.15) is 0 Å². The van der Waals surface area contributed by atoms with Gasteiger partial charge in [0, 0.05) is 22.5 Å². The second-order valence-corrected chi connectivity index (χ2v) is 6.06. The first-order valence-corrected chi connectivity index (χ1v) is 7.09. The molecule has 22 heavy (non-hydrogen) atoms. The van der Waals surface area contributed by atoms with Gasteiger partial charge in [0.25, 0.3) is 0 Å². The summed E-state index contributed by atoms with van der Waals surface area (Å²) in [5, 5.41) is 6.15. The predicted octanol–water partition coefficient (Wildman–Crippen LogP) is 3.66. The number of rotatable bonds is 5. The Morgan fingerprint density at radius 2 is 1.73 bits per heavy atom. The molecular formula is C16H21ClN4O. The largest absolute Gasteiger partial charge is 0.390 e. The van der Waals surface area contributed by atoms with Crippen molar-refractivity contribution in [3.63, 3.8) is 0 Å². The smallest absolute Gasteiger partial charge is 0.229 e. The van der Waals surface area contributed by atoms with Gasteiger partial charge in [0.15, 0.2) is 0 Å². The number of hydrogen-bond acceptors (Lipinski definition) is 3. The molecule has 0 aliphatic rings. The van der Waals surface area contributed by atoms with E-state index in [2.05, 4.69) is 22.2 Å². The van der Waals surface area contributed by atoms with Crippen molar-refractivity contribution in [2.45, 2.75) is 20.8 Å². The molecule has 0 saturated heterocycles. The number of benzene rings is 1. The summed E-state index contributed by atoms with van der Waals surface area (Å²) in [5.41, 5.74) is 6.83. The molecule has 1 rings (SSSR count). The third-order valence-electron chi connectivity index (χ3n) is 2.62. The van der Waals surface area contributed by atoms with E-state index in [4.69, 9.17) is 17.3 Å². The highest BCUT2D eigenvalue weighted by atomic mass is 35.5. The lowest BCUT2D eigenvalue weighted by Crippen LogP contribution is -2.27. The first-order valence-electron chi connectivity index (χ1n) is 6.71. The van der Waals surface area contributed by atoms with E-state index in [0.29, 0.717) is 5.70 Å². The monoisotopic (exact) mass is 320 g/mol. The van der Waals surface area contributed by atoms with Crippen molar-refractivity contribution in [2.24, 2.45) is 16.1 Å². The zero-order valence-corrected chi connectivity index (χ0v) is 13.7. The summed E-state index contributed by atoms with van der Waals surface area (Å²) >= 11 is 5.80. The maximum atomic E-state index is 11.9. The molecule has 6 heteroatoms. The fourth-order valence-electron chi connectivity index (χ4n) is 1.43. The van der Waals surface area contributed by atoms with Gasteiger partial charge in [0.2, 0.25) is 5.91 Å². The van der Waals surface area contributed by atoms with Crippen LogP contribution in [0, 0.1) is 5.41 Å². The van der Waals surface area contributed by atoms with Crippen molar-refractivity contribution < 1.29 is 4.79 Å². The molecule has 0 aliphatic carbocycles. The van der Waals surface area contributed by atoms with Crippen LogP contribution in [-0.4, -0.2) is 12.2 Å². The minimum absolute atomic E-state index is 0.0352. The van der Waals surface area contributed by atoms with Crippen molar-refractivity contribution in [1.29, 1.82) is 0 Å². The number of nitrogens with two attached hydrogens (primary N) is 1. The van der Waals surface area contributed by atoms with Gasteiger partial charge in [-0.15, -0.1) is 0 Å². The van der Waals surface area contributed by atoms with Crippen LogP contribution in [0.3, 0.4) is 0 Å². The summed E-state index contributed by atoms with van der Waals surface area (Å²) in [6.45, 7) is 9.41. The Bertz CT molecular complexity index is 598. The lowest BCUT2D eigenvalue weighted by atomic mass is 9.95. The van der Waals surface area contributed by atoms with Crippen LogP contribution in [0.2, 0.25) is 0 Å². The number of nitrogens with zero attached hydrogens (tertiary/aromatic N) is 1. The molecular weight excluding hydrogens is 300 g/mol. The summed E-state index contributed by atoms with van der Waals surface area (Å²) < 4.78 is 0. The molecule has 1 aromatic rings. The standard InChI is InChI=1S/C16H21ClN4O/c1-11(9-14(17)19-10-18)20-12-5-7-13(8-6-12)21-15(22)16(2,3)4/h5-10,20H,1H2,2-4H3,(H2,18,19)(H,21,22)/b14-9-. The minimum Gasteiger partial charge on any atom is -0.390 e. The average Bonchev–Trinajstić information content (AvgIpc) is 2.39. The predicted molar refractivity (Wildman–Crippen MR) is 93.9 cm³/mol. The molecule has 0 aromatic heterocycles. The number of halogens is 1. The van der Waals surface area contributed by atoms with E-state index in [1.165, 1.54) is 0 Å². The molecule has 0 bridgehead atoms. The molecule has 0 heterocycles. The molecule has 0 atom stereocenters. The van der Waals surface area contributed by atoms with Crippen molar-refractivity contribution in [3.05, 3.63) is 47.8 Å². The van der Waals surface area contributed by atoms with Crippen LogP contribution < -0.4 is 16.4 Å². The van der Waals surface area contributed by atoms with E-state index < -0.39 is 5.41 Å². The van der Waals surface area contributed by atoms with Crippen LogP contribution in [-0.2, 0) is 4.79 Å². The topological polar surface area (TPSA) is 79.5 Å². The quantitative estimate of drug-likeness (QED) is 0.335. The van der Waals surface area contributed by atoms with Gasteiger partial charge in [-0.25, -0.2) is 4.99 Å². The number of carbonyl (C=O) groups is 1. The zero-order chi connectivity index (χ0) is 16.8. The lowest BCUT2D eigenvalue weighted by Gasteiger charge is -2.17. The van der Waals surface area contributed by atoms with Gasteiger partial charge in [0.05, 0.1) is 6.34 Å². The van der Waals surface area contributed by atoms with Crippen LogP contribution >= 0.6 is 11.6 Å². The second-order valence-electron chi connectivity index (χ2n) is 5.68. The number of anilines is 2. The highest BCUT2D eigenvalue weighted by molar-refractivity contribution is 6.29. The summed E-state index contributed by atoms with van der Waals surface area (Å²) in [6.07, 6.45) is 2.67.